The Labute approximate surface area is 319 Å². The van der Waals surface area contributed by atoms with Crippen molar-refractivity contribution in [3.05, 3.63) is 24.3 Å². The van der Waals surface area contributed by atoms with Crippen LogP contribution in [-0.2, 0) is 4.79 Å². The van der Waals surface area contributed by atoms with Gasteiger partial charge in [-0.2, -0.15) is 0 Å². The molecule has 1 amide bonds. The van der Waals surface area contributed by atoms with Gasteiger partial charge in [0.2, 0.25) is 5.91 Å². The van der Waals surface area contributed by atoms with Crippen LogP contribution in [0.25, 0.3) is 0 Å². The zero-order valence-corrected chi connectivity index (χ0v) is 34.6. The predicted octanol–water partition coefficient (Wildman–Crippen LogP) is 14.4. The average Bonchev–Trinajstić information content (AvgIpc) is 3.13. The molecular weight excluding hydrogens is 627 g/mol. The lowest BCUT2D eigenvalue weighted by molar-refractivity contribution is -0.123. The highest BCUT2D eigenvalue weighted by Crippen LogP contribution is 2.16. The largest absolute Gasteiger partial charge is 0.394 e. The number of rotatable bonds is 42. The zero-order chi connectivity index (χ0) is 37.1. The van der Waals surface area contributed by atoms with Gasteiger partial charge in [-0.1, -0.05) is 224 Å². The Morgan fingerprint density at radius 1 is 0.451 bits per heavy atom. The molecule has 0 spiro atoms. The second-order valence-corrected chi connectivity index (χ2v) is 15.8. The molecule has 4 heteroatoms. The molecule has 0 aromatic rings. The summed E-state index contributed by atoms with van der Waals surface area (Å²) in [4.78, 5) is 12.4. The molecule has 2 atom stereocenters. The molecule has 51 heavy (non-hydrogen) atoms. The second-order valence-electron chi connectivity index (χ2n) is 15.8. The summed E-state index contributed by atoms with van der Waals surface area (Å²) >= 11 is 0. The molecule has 0 saturated carbocycles. The van der Waals surface area contributed by atoms with E-state index in [1.54, 1.807) is 6.08 Å². The number of unbranched alkanes of at least 4 members (excludes halogenated alkanes) is 33. The normalized spacial score (nSPS) is 13.1. The Bertz CT molecular complexity index is 735. The molecule has 0 aliphatic heterocycles. The third-order valence-corrected chi connectivity index (χ3v) is 10.7. The van der Waals surface area contributed by atoms with Crippen LogP contribution in [0.3, 0.4) is 0 Å². The van der Waals surface area contributed by atoms with Crippen LogP contribution in [0.1, 0.15) is 251 Å². The maximum absolute atomic E-state index is 12.4. The van der Waals surface area contributed by atoms with Crippen LogP contribution in [0.5, 0.6) is 0 Å². The topological polar surface area (TPSA) is 69.6 Å². The van der Waals surface area contributed by atoms with Gasteiger partial charge < -0.3 is 15.5 Å². The molecule has 2 unspecified atom stereocenters. The van der Waals surface area contributed by atoms with E-state index in [0.29, 0.717) is 6.42 Å². The number of carbonyl (C=O) groups is 1. The third kappa shape index (κ3) is 39.9. The Balaban J connectivity index is 3.55. The maximum atomic E-state index is 12.4. The highest BCUT2D eigenvalue weighted by atomic mass is 16.3. The summed E-state index contributed by atoms with van der Waals surface area (Å²) in [5.41, 5.74) is 0. The molecule has 0 aromatic carbocycles. The lowest BCUT2D eigenvalue weighted by Gasteiger charge is -2.20. The van der Waals surface area contributed by atoms with Crippen molar-refractivity contribution in [1.82, 2.24) is 5.32 Å². The van der Waals surface area contributed by atoms with Crippen molar-refractivity contribution in [3.63, 3.8) is 0 Å². The molecule has 0 saturated heterocycles. The van der Waals surface area contributed by atoms with E-state index >= 15 is 0 Å². The predicted molar refractivity (Wildman–Crippen MR) is 225 cm³/mol. The lowest BCUT2D eigenvalue weighted by Crippen LogP contribution is -2.45. The number of hydrogen-bond acceptors (Lipinski definition) is 3. The summed E-state index contributed by atoms with van der Waals surface area (Å²) in [5.74, 6) is -0.0659. The molecular formula is C47H91NO3. The molecule has 0 rings (SSSR count). The van der Waals surface area contributed by atoms with E-state index in [4.69, 9.17) is 0 Å². The third-order valence-electron chi connectivity index (χ3n) is 10.7. The number of nitrogens with one attached hydrogen (secondary N) is 1. The lowest BCUT2D eigenvalue weighted by atomic mass is 10.0. The standard InChI is InChI=1S/C47H91NO3/c1-3-5-7-9-11-13-15-17-19-21-23-25-27-29-31-33-35-37-39-41-43-47(51)48-45(44-49)46(50)42-40-38-36-34-32-30-28-26-24-22-20-18-16-14-12-10-8-6-4-2/h23,25,40,42,45-46,49-50H,3-22,24,26-39,41,43-44H2,1-2H3,(H,48,51)/b25-23-,42-40+. The van der Waals surface area contributed by atoms with Gasteiger partial charge >= 0.3 is 0 Å². The van der Waals surface area contributed by atoms with E-state index in [1.165, 1.54) is 205 Å². The van der Waals surface area contributed by atoms with Crippen LogP contribution in [0.2, 0.25) is 0 Å². The molecule has 0 radical (unpaired) electrons. The van der Waals surface area contributed by atoms with E-state index in [1.807, 2.05) is 6.08 Å². The number of amides is 1. The Morgan fingerprint density at radius 3 is 1.08 bits per heavy atom. The van der Waals surface area contributed by atoms with Crippen LogP contribution in [-0.4, -0.2) is 34.9 Å². The van der Waals surface area contributed by atoms with Crippen LogP contribution in [0, 0.1) is 0 Å². The molecule has 3 N–H and O–H groups in total. The summed E-state index contributed by atoms with van der Waals surface area (Å²) < 4.78 is 0. The number of aliphatic hydroxyl groups is 2. The van der Waals surface area contributed by atoms with Gasteiger partial charge in [-0.05, 0) is 44.9 Å². The quantitative estimate of drug-likeness (QED) is 0.0435. The van der Waals surface area contributed by atoms with Gasteiger partial charge in [-0.15, -0.1) is 0 Å². The zero-order valence-electron chi connectivity index (χ0n) is 34.6. The first-order valence-corrected chi connectivity index (χ1v) is 23.1. The van der Waals surface area contributed by atoms with Crippen LogP contribution in [0.4, 0.5) is 0 Å². The van der Waals surface area contributed by atoms with Gasteiger partial charge in [0.15, 0.2) is 0 Å². The second kappa shape index (κ2) is 43.3. The Kier molecular flexibility index (Phi) is 42.3. The minimum Gasteiger partial charge on any atom is -0.394 e. The van der Waals surface area contributed by atoms with Gasteiger partial charge in [0, 0.05) is 6.42 Å². The number of allylic oxidation sites excluding steroid dienone is 3. The summed E-state index contributed by atoms with van der Waals surface area (Å²) in [7, 11) is 0. The van der Waals surface area contributed by atoms with E-state index in [2.05, 4.69) is 31.3 Å². The minimum atomic E-state index is -0.838. The monoisotopic (exact) mass is 718 g/mol. The minimum absolute atomic E-state index is 0.0659. The van der Waals surface area contributed by atoms with Crippen LogP contribution < -0.4 is 5.32 Å². The van der Waals surface area contributed by atoms with Crippen molar-refractivity contribution < 1.29 is 15.0 Å². The summed E-state index contributed by atoms with van der Waals surface area (Å²) in [6, 6.07) is -0.622. The van der Waals surface area contributed by atoms with E-state index in [0.717, 1.165) is 25.7 Å². The highest BCUT2D eigenvalue weighted by Gasteiger charge is 2.17. The van der Waals surface area contributed by atoms with Crippen molar-refractivity contribution in [1.29, 1.82) is 0 Å². The smallest absolute Gasteiger partial charge is 0.220 e. The van der Waals surface area contributed by atoms with Crippen molar-refractivity contribution in [2.24, 2.45) is 0 Å². The molecule has 0 fully saturated rings. The SMILES string of the molecule is CCCCCCCCCCC/C=C\CCCCCCCCCC(=O)NC(CO)C(O)/C=C/CCCCCCCCCCCCCCCCCCC. The highest BCUT2D eigenvalue weighted by molar-refractivity contribution is 5.76. The molecule has 302 valence electrons. The summed E-state index contributed by atoms with van der Waals surface area (Å²) in [5, 5.41) is 23.0. The Morgan fingerprint density at radius 2 is 0.745 bits per heavy atom. The first-order valence-electron chi connectivity index (χ1n) is 23.1. The molecule has 0 heterocycles. The fourth-order valence-electron chi connectivity index (χ4n) is 7.11. The maximum Gasteiger partial charge on any atom is 0.220 e. The molecule has 0 bridgehead atoms. The van der Waals surface area contributed by atoms with Gasteiger partial charge in [-0.3, -0.25) is 4.79 Å². The van der Waals surface area contributed by atoms with Crippen molar-refractivity contribution in [2.75, 3.05) is 6.61 Å². The number of hydrogen-bond donors (Lipinski definition) is 3. The molecule has 0 aliphatic rings. The average molecular weight is 718 g/mol. The van der Waals surface area contributed by atoms with E-state index in [-0.39, 0.29) is 12.5 Å². The number of carbonyl (C=O) groups excluding carboxylic acids is 1. The van der Waals surface area contributed by atoms with Gasteiger partial charge in [0.05, 0.1) is 18.8 Å². The van der Waals surface area contributed by atoms with Gasteiger partial charge in [0.1, 0.15) is 0 Å². The van der Waals surface area contributed by atoms with Crippen LogP contribution in [0.15, 0.2) is 24.3 Å². The van der Waals surface area contributed by atoms with Crippen molar-refractivity contribution in [2.45, 2.75) is 264 Å². The van der Waals surface area contributed by atoms with Crippen LogP contribution >= 0.6 is 0 Å². The Hall–Kier alpha value is -1.13. The summed E-state index contributed by atoms with van der Waals surface area (Å²) in [6.07, 6.45) is 55.8. The van der Waals surface area contributed by atoms with Crippen molar-refractivity contribution >= 4 is 5.91 Å². The first kappa shape index (κ1) is 49.9. The molecule has 0 aliphatic carbocycles. The van der Waals surface area contributed by atoms with Crippen molar-refractivity contribution in [3.8, 4) is 0 Å². The van der Waals surface area contributed by atoms with Gasteiger partial charge in [0.25, 0.3) is 0 Å². The molecule has 0 aromatic heterocycles. The van der Waals surface area contributed by atoms with E-state index < -0.39 is 12.1 Å². The van der Waals surface area contributed by atoms with E-state index in [9.17, 15) is 15.0 Å². The summed E-state index contributed by atoms with van der Waals surface area (Å²) in [6.45, 7) is 4.32. The molecule has 4 nitrogen and oxygen atoms in total. The first-order chi connectivity index (χ1) is 25.2. The van der Waals surface area contributed by atoms with Gasteiger partial charge in [-0.25, -0.2) is 0 Å². The fraction of sp³-hybridized carbons (Fsp3) is 0.894. The number of aliphatic hydroxyl groups excluding tert-OH is 2. The fourth-order valence-corrected chi connectivity index (χ4v) is 7.11.